The molecule has 0 aromatic heterocycles. The van der Waals surface area contributed by atoms with Gasteiger partial charge in [0, 0.05) is 6.04 Å². The van der Waals surface area contributed by atoms with Gasteiger partial charge in [-0.1, -0.05) is 38.8 Å². The van der Waals surface area contributed by atoms with E-state index in [2.05, 4.69) is 26.8 Å². The summed E-state index contributed by atoms with van der Waals surface area (Å²) in [6, 6.07) is 0.303. The molecule has 1 unspecified atom stereocenters. The zero-order valence-corrected chi connectivity index (χ0v) is 11.8. The normalized spacial score (nSPS) is 37.6. The lowest BCUT2D eigenvalue weighted by Crippen LogP contribution is -2.33. The van der Waals surface area contributed by atoms with Crippen LogP contribution in [0.5, 0.6) is 0 Å². The Bertz CT molecular complexity index is 282. The molecule has 98 valence electrons. The van der Waals surface area contributed by atoms with Crippen molar-refractivity contribution in [2.45, 2.75) is 71.8 Å². The molecule has 2 rings (SSSR count). The first-order valence-corrected chi connectivity index (χ1v) is 7.46. The predicted molar refractivity (Wildman–Crippen MR) is 74.8 cm³/mol. The molecule has 1 saturated carbocycles. The Hall–Kier alpha value is -0.300. The zero-order chi connectivity index (χ0) is 12.5. The third-order valence-corrected chi connectivity index (χ3v) is 4.85. The molecule has 1 fully saturated rings. The van der Waals surface area contributed by atoms with Crippen LogP contribution in [-0.2, 0) is 0 Å². The molecule has 1 atom stereocenters. The molecular formula is C16H29N. The molecule has 17 heavy (non-hydrogen) atoms. The summed E-state index contributed by atoms with van der Waals surface area (Å²) in [5.41, 5.74) is 8.29. The fourth-order valence-corrected chi connectivity index (χ4v) is 3.88. The smallest absolute Gasteiger partial charge is 0.0231 e. The number of hydrogen-bond acceptors (Lipinski definition) is 1. The van der Waals surface area contributed by atoms with Crippen molar-refractivity contribution >= 4 is 0 Å². The summed E-state index contributed by atoms with van der Waals surface area (Å²) >= 11 is 0. The zero-order valence-electron chi connectivity index (χ0n) is 11.8. The number of nitrogens with two attached hydrogens (primary N) is 1. The molecule has 1 heteroatoms. The Balaban J connectivity index is 1.98. The Labute approximate surface area is 107 Å². The molecule has 2 N–H and O–H groups in total. The molecule has 0 saturated heterocycles. The highest BCUT2D eigenvalue weighted by molar-refractivity contribution is 5.17. The van der Waals surface area contributed by atoms with Gasteiger partial charge in [0.15, 0.2) is 0 Å². The van der Waals surface area contributed by atoms with E-state index in [-0.39, 0.29) is 0 Å². The van der Waals surface area contributed by atoms with Gasteiger partial charge in [0.25, 0.3) is 0 Å². The maximum Gasteiger partial charge on any atom is 0.0231 e. The summed E-state index contributed by atoms with van der Waals surface area (Å²) in [7, 11) is 0. The van der Waals surface area contributed by atoms with Crippen LogP contribution in [0.15, 0.2) is 11.6 Å². The minimum Gasteiger partial charge on any atom is -0.324 e. The van der Waals surface area contributed by atoms with E-state index in [0.29, 0.717) is 11.5 Å². The fourth-order valence-electron chi connectivity index (χ4n) is 3.88. The van der Waals surface area contributed by atoms with Gasteiger partial charge in [0.05, 0.1) is 0 Å². The molecule has 0 aromatic rings. The Kier molecular flexibility index (Phi) is 3.97. The van der Waals surface area contributed by atoms with Gasteiger partial charge in [-0.2, -0.15) is 0 Å². The molecule has 0 aromatic carbocycles. The monoisotopic (exact) mass is 235 g/mol. The Morgan fingerprint density at radius 3 is 2.41 bits per heavy atom. The number of hydrogen-bond donors (Lipinski definition) is 1. The summed E-state index contributed by atoms with van der Waals surface area (Å²) in [6.07, 6.45) is 11.9. The quantitative estimate of drug-likeness (QED) is 0.710. The van der Waals surface area contributed by atoms with Gasteiger partial charge in [-0.25, -0.2) is 0 Å². The maximum absolute atomic E-state index is 6.18. The van der Waals surface area contributed by atoms with Gasteiger partial charge < -0.3 is 5.73 Å². The first-order valence-electron chi connectivity index (χ1n) is 7.46. The molecule has 2 aliphatic carbocycles. The molecule has 0 heterocycles. The first kappa shape index (κ1) is 13.1. The molecule has 0 spiro atoms. The van der Waals surface area contributed by atoms with E-state index >= 15 is 0 Å². The lowest BCUT2D eigenvalue weighted by atomic mass is 9.68. The second-order valence-corrected chi connectivity index (χ2v) is 7.08. The predicted octanol–water partition coefficient (Wildman–Crippen LogP) is 4.28. The van der Waals surface area contributed by atoms with Gasteiger partial charge in [-0.15, -0.1) is 0 Å². The lowest BCUT2D eigenvalue weighted by Gasteiger charge is -2.38. The van der Waals surface area contributed by atoms with Gasteiger partial charge in [-0.3, -0.25) is 0 Å². The van der Waals surface area contributed by atoms with Gasteiger partial charge >= 0.3 is 0 Å². The third kappa shape index (κ3) is 3.34. The topological polar surface area (TPSA) is 26.0 Å². The second-order valence-electron chi connectivity index (χ2n) is 7.08. The van der Waals surface area contributed by atoms with E-state index in [4.69, 9.17) is 5.73 Å². The van der Waals surface area contributed by atoms with Gasteiger partial charge in [-0.05, 0) is 55.8 Å². The maximum atomic E-state index is 6.18. The highest BCUT2D eigenvalue weighted by Gasteiger charge is 2.31. The van der Waals surface area contributed by atoms with Crippen molar-refractivity contribution in [2.24, 2.45) is 23.0 Å². The van der Waals surface area contributed by atoms with E-state index in [9.17, 15) is 0 Å². The van der Waals surface area contributed by atoms with Crippen LogP contribution < -0.4 is 5.73 Å². The lowest BCUT2D eigenvalue weighted by molar-refractivity contribution is 0.248. The Morgan fingerprint density at radius 2 is 1.88 bits per heavy atom. The highest BCUT2D eigenvalue weighted by atomic mass is 14.6. The molecule has 0 bridgehead atoms. The average molecular weight is 235 g/mol. The standard InChI is InChI=1S/C16H29N/c1-4-12-5-7-13(8-6-12)14-9-15(17)11-16(2,3)10-14/h9,12-13,15H,4-8,10-11,17H2,1-3H3. The Morgan fingerprint density at radius 1 is 1.24 bits per heavy atom. The third-order valence-electron chi connectivity index (χ3n) is 4.85. The van der Waals surface area contributed by atoms with E-state index in [1.54, 1.807) is 5.57 Å². The molecule has 0 amide bonds. The van der Waals surface area contributed by atoms with Crippen LogP contribution in [0.2, 0.25) is 0 Å². The fraction of sp³-hybridized carbons (Fsp3) is 0.875. The van der Waals surface area contributed by atoms with E-state index in [1.165, 1.54) is 38.5 Å². The van der Waals surface area contributed by atoms with E-state index in [0.717, 1.165) is 18.3 Å². The summed E-state index contributed by atoms with van der Waals surface area (Å²) in [4.78, 5) is 0. The van der Waals surface area contributed by atoms with Crippen molar-refractivity contribution in [2.75, 3.05) is 0 Å². The summed E-state index contributed by atoms with van der Waals surface area (Å²) in [5.74, 6) is 1.85. The van der Waals surface area contributed by atoms with Crippen molar-refractivity contribution in [3.63, 3.8) is 0 Å². The van der Waals surface area contributed by atoms with Gasteiger partial charge in [0.1, 0.15) is 0 Å². The van der Waals surface area contributed by atoms with E-state index < -0.39 is 0 Å². The SMILES string of the molecule is CCC1CCC(C2=CC(N)CC(C)(C)C2)CC1. The second kappa shape index (κ2) is 5.14. The van der Waals surface area contributed by atoms with E-state index in [1.807, 2.05) is 0 Å². The molecule has 0 radical (unpaired) electrons. The van der Waals surface area contributed by atoms with Crippen LogP contribution in [0.3, 0.4) is 0 Å². The van der Waals surface area contributed by atoms with Gasteiger partial charge in [0.2, 0.25) is 0 Å². The summed E-state index contributed by atoms with van der Waals surface area (Å²) in [5, 5.41) is 0. The van der Waals surface area contributed by atoms with Crippen LogP contribution in [0.1, 0.15) is 65.7 Å². The van der Waals surface area contributed by atoms with Crippen LogP contribution in [0, 0.1) is 17.3 Å². The van der Waals surface area contributed by atoms with Crippen molar-refractivity contribution in [1.29, 1.82) is 0 Å². The van der Waals surface area contributed by atoms with Crippen molar-refractivity contribution < 1.29 is 0 Å². The minimum atomic E-state index is 0.303. The molecule has 2 aliphatic rings. The molecule has 1 nitrogen and oxygen atoms in total. The largest absolute Gasteiger partial charge is 0.324 e. The van der Waals surface area contributed by atoms with Crippen LogP contribution in [-0.4, -0.2) is 6.04 Å². The van der Waals surface area contributed by atoms with Crippen LogP contribution >= 0.6 is 0 Å². The van der Waals surface area contributed by atoms with Crippen molar-refractivity contribution in [3.05, 3.63) is 11.6 Å². The molecule has 0 aliphatic heterocycles. The van der Waals surface area contributed by atoms with Crippen molar-refractivity contribution in [3.8, 4) is 0 Å². The molecular weight excluding hydrogens is 206 g/mol. The number of rotatable bonds is 2. The average Bonchev–Trinajstić information content (AvgIpc) is 2.26. The first-order chi connectivity index (χ1) is 8.00. The van der Waals surface area contributed by atoms with Crippen molar-refractivity contribution in [1.82, 2.24) is 0 Å². The highest BCUT2D eigenvalue weighted by Crippen LogP contribution is 2.43. The minimum absolute atomic E-state index is 0.303. The summed E-state index contributed by atoms with van der Waals surface area (Å²) < 4.78 is 0. The summed E-state index contributed by atoms with van der Waals surface area (Å²) in [6.45, 7) is 7.08. The van der Waals surface area contributed by atoms with Crippen LogP contribution in [0.25, 0.3) is 0 Å². The van der Waals surface area contributed by atoms with Crippen LogP contribution in [0.4, 0.5) is 0 Å². The number of allylic oxidation sites excluding steroid dienone is 1.